The Balaban J connectivity index is 3.27. The first kappa shape index (κ1) is 11.6. The number of methoxy groups -OCH3 is 2. The van der Waals surface area contributed by atoms with Gasteiger partial charge in [-0.05, 0) is 18.1 Å². The van der Waals surface area contributed by atoms with Gasteiger partial charge < -0.3 is 14.3 Å². The number of rotatable bonds is 5. The van der Waals surface area contributed by atoms with Crippen LogP contribution in [0.4, 0.5) is 0 Å². The number of carbonyl (C=O) groups excluding carboxylic acids is 1. The van der Waals surface area contributed by atoms with Crippen LogP contribution in [-0.2, 0) is 17.6 Å². The predicted molar refractivity (Wildman–Crippen MR) is 58.7 cm³/mol. The summed E-state index contributed by atoms with van der Waals surface area (Å²) in [7, 11) is 3.22. The fourth-order valence-corrected chi connectivity index (χ4v) is 1.70. The van der Waals surface area contributed by atoms with Gasteiger partial charge in [-0.2, -0.15) is 0 Å². The van der Waals surface area contributed by atoms with Crippen molar-refractivity contribution in [3.05, 3.63) is 23.3 Å². The highest BCUT2D eigenvalue weighted by Gasteiger charge is 2.12. The van der Waals surface area contributed by atoms with E-state index in [2.05, 4.69) is 0 Å². The highest BCUT2D eigenvalue weighted by Crippen LogP contribution is 2.33. The molecule has 0 aliphatic heterocycles. The Labute approximate surface area is 90.0 Å². The van der Waals surface area contributed by atoms with Gasteiger partial charge in [-0.25, -0.2) is 0 Å². The maximum absolute atomic E-state index is 10.5. The van der Waals surface area contributed by atoms with Crippen LogP contribution >= 0.6 is 0 Å². The van der Waals surface area contributed by atoms with Crippen LogP contribution in [0.2, 0.25) is 0 Å². The van der Waals surface area contributed by atoms with Gasteiger partial charge in [0.25, 0.3) is 0 Å². The second kappa shape index (κ2) is 5.39. The second-order valence-corrected chi connectivity index (χ2v) is 3.16. The third-order valence-electron chi connectivity index (χ3n) is 2.40. The van der Waals surface area contributed by atoms with Crippen LogP contribution in [0.25, 0.3) is 0 Å². The van der Waals surface area contributed by atoms with Crippen LogP contribution in [-0.4, -0.2) is 20.5 Å². The Morgan fingerprint density at radius 1 is 1.27 bits per heavy atom. The normalized spacial score (nSPS) is 9.80. The first-order valence-electron chi connectivity index (χ1n) is 4.94. The molecule has 0 aromatic heterocycles. The highest BCUT2D eigenvalue weighted by molar-refractivity contribution is 5.60. The van der Waals surface area contributed by atoms with Crippen molar-refractivity contribution < 1.29 is 14.3 Å². The van der Waals surface area contributed by atoms with E-state index in [1.54, 1.807) is 14.2 Å². The first-order chi connectivity index (χ1) is 7.28. The SMILES string of the molecule is CCc1c(CC=O)ccc(OC)c1OC. The molecular weight excluding hydrogens is 192 g/mol. The molecule has 1 aromatic carbocycles. The monoisotopic (exact) mass is 208 g/mol. The van der Waals surface area contributed by atoms with E-state index in [1.807, 2.05) is 19.1 Å². The van der Waals surface area contributed by atoms with E-state index in [9.17, 15) is 4.79 Å². The molecule has 0 spiro atoms. The Hall–Kier alpha value is -1.51. The Bertz CT molecular complexity index is 345. The average Bonchev–Trinajstić information content (AvgIpc) is 2.28. The van der Waals surface area contributed by atoms with E-state index < -0.39 is 0 Å². The van der Waals surface area contributed by atoms with Crippen molar-refractivity contribution in [3.63, 3.8) is 0 Å². The first-order valence-corrected chi connectivity index (χ1v) is 4.94. The van der Waals surface area contributed by atoms with Crippen molar-refractivity contribution in [1.82, 2.24) is 0 Å². The van der Waals surface area contributed by atoms with Crippen LogP contribution in [0.15, 0.2) is 12.1 Å². The van der Waals surface area contributed by atoms with E-state index in [1.165, 1.54) is 0 Å². The molecule has 0 aliphatic rings. The standard InChI is InChI=1S/C12H16O3/c1-4-10-9(7-8-13)5-6-11(14-2)12(10)15-3/h5-6,8H,4,7H2,1-3H3. The molecule has 3 nitrogen and oxygen atoms in total. The van der Waals surface area contributed by atoms with Gasteiger partial charge in [-0.15, -0.1) is 0 Å². The fourth-order valence-electron chi connectivity index (χ4n) is 1.70. The van der Waals surface area contributed by atoms with Gasteiger partial charge in [0.2, 0.25) is 0 Å². The van der Waals surface area contributed by atoms with E-state index in [0.717, 1.165) is 29.6 Å². The summed E-state index contributed by atoms with van der Waals surface area (Å²) in [6, 6.07) is 3.74. The molecule has 0 fully saturated rings. The molecular formula is C12H16O3. The highest BCUT2D eigenvalue weighted by atomic mass is 16.5. The molecule has 0 saturated carbocycles. The largest absolute Gasteiger partial charge is 0.493 e. The van der Waals surface area contributed by atoms with E-state index in [4.69, 9.17) is 9.47 Å². The summed E-state index contributed by atoms with van der Waals surface area (Å²) in [5.74, 6) is 1.45. The zero-order valence-corrected chi connectivity index (χ0v) is 9.37. The molecule has 3 heteroatoms. The minimum absolute atomic E-state index is 0.420. The lowest BCUT2D eigenvalue weighted by atomic mass is 10.0. The molecule has 0 saturated heterocycles. The molecule has 0 bridgehead atoms. The topological polar surface area (TPSA) is 35.5 Å². The summed E-state index contributed by atoms with van der Waals surface area (Å²) >= 11 is 0. The quantitative estimate of drug-likeness (QED) is 0.694. The third-order valence-corrected chi connectivity index (χ3v) is 2.40. The molecule has 0 amide bonds. The lowest BCUT2D eigenvalue weighted by Crippen LogP contribution is -2.00. The molecule has 0 unspecified atom stereocenters. The summed E-state index contributed by atoms with van der Waals surface area (Å²) in [6.45, 7) is 2.03. The summed E-state index contributed by atoms with van der Waals surface area (Å²) in [6.07, 6.45) is 2.15. The lowest BCUT2D eigenvalue weighted by molar-refractivity contribution is -0.107. The zero-order valence-electron chi connectivity index (χ0n) is 9.37. The van der Waals surface area contributed by atoms with Crippen molar-refractivity contribution >= 4 is 6.29 Å². The average molecular weight is 208 g/mol. The summed E-state index contributed by atoms with van der Waals surface area (Å²) in [5.41, 5.74) is 2.05. The van der Waals surface area contributed by atoms with Gasteiger partial charge in [0.1, 0.15) is 6.29 Å². The van der Waals surface area contributed by atoms with Crippen LogP contribution in [0, 0.1) is 0 Å². The molecule has 0 radical (unpaired) electrons. The lowest BCUT2D eigenvalue weighted by Gasteiger charge is -2.14. The number of ether oxygens (including phenoxy) is 2. The Morgan fingerprint density at radius 3 is 2.47 bits per heavy atom. The maximum Gasteiger partial charge on any atom is 0.164 e. The summed E-state index contributed by atoms with van der Waals surface area (Å²) < 4.78 is 10.5. The minimum Gasteiger partial charge on any atom is -0.493 e. The van der Waals surface area contributed by atoms with Crippen LogP contribution < -0.4 is 9.47 Å². The smallest absolute Gasteiger partial charge is 0.164 e. The fraction of sp³-hybridized carbons (Fsp3) is 0.417. The van der Waals surface area contributed by atoms with Crippen molar-refractivity contribution in [2.75, 3.05) is 14.2 Å². The molecule has 0 heterocycles. The number of carbonyl (C=O) groups is 1. The van der Waals surface area contributed by atoms with Gasteiger partial charge in [-0.3, -0.25) is 0 Å². The molecule has 0 atom stereocenters. The minimum atomic E-state index is 0.420. The van der Waals surface area contributed by atoms with Crippen LogP contribution in [0.1, 0.15) is 18.1 Å². The molecule has 15 heavy (non-hydrogen) atoms. The molecule has 1 aromatic rings. The van der Waals surface area contributed by atoms with Gasteiger partial charge in [0.15, 0.2) is 11.5 Å². The third kappa shape index (κ3) is 2.29. The summed E-state index contributed by atoms with van der Waals surface area (Å²) in [5, 5.41) is 0. The van der Waals surface area contributed by atoms with Gasteiger partial charge >= 0.3 is 0 Å². The second-order valence-electron chi connectivity index (χ2n) is 3.16. The van der Waals surface area contributed by atoms with Crippen molar-refractivity contribution in [1.29, 1.82) is 0 Å². The summed E-state index contributed by atoms with van der Waals surface area (Å²) in [4.78, 5) is 10.5. The molecule has 82 valence electrons. The Morgan fingerprint density at radius 2 is 2.00 bits per heavy atom. The number of hydrogen-bond donors (Lipinski definition) is 0. The number of aldehydes is 1. The van der Waals surface area contributed by atoms with Gasteiger partial charge in [0, 0.05) is 12.0 Å². The van der Waals surface area contributed by atoms with E-state index >= 15 is 0 Å². The molecule has 0 N–H and O–H groups in total. The maximum atomic E-state index is 10.5. The van der Waals surface area contributed by atoms with Crippen molar-refractivity contribution in [2.45, 2.75) is 19.8 Å². The molecule has 0 aliphatic carbocycles. The number of benzene rings is 1. The van der Waals surface area contributed by atoms with Crippen molar-refractivity contribution in [3.8, 4) is 11.5 Å². The molecule has 1 rings (SSSR count). The van der Waals surface area contributed by atoms with Gasteiger partial charge in [0.05, 0.1) is 14.2 Å². The Kier molecular flexibility index (Phi) is 4.16. The van der Waals surface area contributed by atoms with Gasteiger partial charge in [-0.1, -0.05) is 13.0 Å². The van der Waals surface area contributed by atoms with Crippen LogP contribution in [0.3, 0.4) is 0 Å². The predicted octanol–water partition coefficient (Wildman–Crippen LogP) is 2.01. The number of hydrogen-bond acceptors (Lipinski definition) is 3. The van der Waals surface area contributed by atoms with E-state index in [-0.39, 0.29) is 0 Å². The zero-order chi connectivity index (χ0) is 11.3. The van der Waals surface area contributed by atoms with Crippen molar-refractivity contribution in [2.24, 2.45) is 0 Å². The van der Waals surface area contributed by atoms with Crippen LogP contribution in [0.5, 0.6) is 11.5 Å². The van der Waals surface area contributed by atoms with E-state index in [0.29, 0.717) is 12.2 Å².